The van der Waals surface area contributed by atoms with E-state index in [1.807, 2.05) is 6.92 Å². The summed E-state index contributed by atoms with van der Waals surface area (Å²) in [5.74, 6) is 0.0342. The Morgan fingerprint density at radius 1 is 1.50 bits per heavy atom. The van der Waals surface area contributed by atoms with E-state index in [4.69, 9.17) is 11.6 Å². The average molecular weight is 270 g/mol. The summed E-state index contributed by atoms with van der Waals surface area (Å²) in [7, 11) is 0. The Hall–Kier alpha value is -1.82. The molecule has 0 aliphatic carbocycles. The maximum Gasteiger partial charge on any atom is 0.271 e. The van der Waals surface area contributed by atoms with Gasteiger partial charge < -0.3 is 9.80 Å². The molecule has 1 heterocycles. The lowest BCUT2D eigenvalue weighted by molar-refractivity contribution is -0.384. The van der Waals surface area contributed by atoms with Crippen molar-refractivity contribution >= 4 is 28.9 Å². The molecule has 0 atom stereocenters. The summed E-state index contributed by atoms with van der Waals surface area (Å²) in [5, 5.41) is 10.9. The van der Waals surface area contributed by atoms with Gasteiger partial charge in [0.05, 0.1) is 28.8 Å². The third-order valence-electron chi connectivity index (χ3n) is 2.88. The molecule has 0 bridgehead atoms. The lowest BCUT2D eigenvalue weighted by Crippen LogP contribution is -2.26. The van der Waals surface area contributed by atoms with Crippen molar-refractivity contribution in [3.8, 4) is 0 Å². The van der Waals surface area contributed by atoms with Crippen LogP contribution in [0.5, 0.6) is 0 Å². The van der Waals surface area contributed by atoms with E-state index in [0.717, 1.165) is 0 Å². The molecule has 1 aliphatic heterocycles. The van der Waals surface area contributed by atoms with Crippen LogP contribution in [-0.2, 0) is 4.79 Å². The Labute approximate surface area is 109 Å². The number of anilines is 1. The number of amides is 1. The smallest absolute Gasteiger partial charge is 0.271 e. The van der Waals surface area contributed by atoms with Crippen LogP contribution in [0, 0.1) is 10.1 Å². The van der Waals surface area contributed by atoms with E-state index in [-0.39, 0.29) is 23.2 Å². The number of hydrogen-bond donors (Lipinski definition) is 0. The zero-order valence-corrected chi connectivity index (χ0v) is 10.6. The number of benzene rings is 1. The van der Waals surface area contributed by atoms with Crippen LogP contribution in [0.4, 0.5) is 11.4 Å². The molecule has 1 aromatic rings. The van der Waals surface area contributed by atoms with E-state index in [2.05, 4.69) is 0 Å². The Morgan fingerprint density at radius 3 is 2.72 bits per heavy atom. The van der Waals surface area contributed by atoms with Gasteiger partial charge in [0.1, 0.15) is 0 Å². The highest BCUT2D eigenvalue weighted by atomic mass is 35.5. The number of hydrogen-bond acceptors (Lipinski definition) is 4. The van der Waals surface area contributed by atoms with Crippen LogP contribution in [0.15, 0.2) is 18.2 Å². The molecule has 2 rings (SSSR count). The molecule has 6 nitrogen and oxygen atoms in total. The molecular formula is C11H12ClN3O3. The van der Waals surface area contributed by atoms with Gasteiger partial charge in [0.2, 0.25) is 5.91 Å². The topological polar surface area (TPSA) is 66.7 Å². The van der Waals surface area contributed by atoms with Gasteiger partial charge in [0, 0.05) is 18.7 Å². The second-order valence-electron chi connectivity index (χ2n) is 3.98. The molecule has 1 fully saturated rings. The van der Waals surface area contributed by atoms with Crippen molar-refractivity contribution in [1.82, 2.24) is 4.90 Å². The minimum Gasteiger partial charge on any atom is -0.343 e. The second-order valence-corrected chi connectivity index (χ2v) is 4.39. The number of nitrogens with zero attached hydrogens (tertiary/aromatic N) is 3. The largest absolute Gasteiger partial charge is 0.343 e. The molecule has 1 aromatic carbocycles. The number of halogens is 1. The van der Waals surface area contributed by atoms with Crippen molar-refractivity contribution in [2.24, 2.45) is 0 Å². The first kappa shape index (κ1) is 12.6. The predicted molar refractivity (Wildman–Crippen MR) is 67.7 cm³/mol. The van der Waals surface area contributed by atoms with Crippen LogP contribution >= 0.6 is 11.6 Å². The van der Waals surface area contributed by atoms with Crippen molar-refractivity contribution in [2.75, 3.05) is 24.7 Å². The fourth-order valence-electron chi connectivity index (χ4n) is 1.90. The van der Waals surface area contributed by atoms with E-state index < -0.39 is 4.92 Å². The molecule has 0 unspecified atom stereocenters. The van der Waals surface area contributed by atoms with Crippen LogP contribution in [0.2, 0.25) is 5.02 Å². The van der Waals surface area contributed by atoms with Crippen LogP contribution in [0.1, 0.15) is 6.92 Å². The Balaban J connectivity index is 2.25. The van der Waals surface area contributed by atoms with Gasteiger partial charge in [-0.1, -0.05) is 11.6 Å². The van der Waals surface area contributed by atoms with Gasteiger partial charge >= 0.3 is 0 Å². The van der Waals surface area contributed by atoms with Gasteiger partial charge in [-0.15, -0.1) is 0 Å². The zero-order valence-electron chi connectivity index (χ0n) is 9.80. The quantitative estimate of drug-likeness (QED) is 0.621. The van der Waals surface area contributed by atoms with Crippen LogP contribution in [0.25, 0.3) is 0 Å². The van der Waals surface area contributed by atoms with Crippen LogP contribution in [0.3, 0.4) is 0 Å². The van der Waals surface area contributed by atoms with Crippen molar-refractivity contribution in [2.45, 2.75) is 6.92 Å². The summed E-state index contributed by atoms with van der Waals surface area (Å²) in [4.78, 5) is 25.2. The third-order valence-corrected chi connectivity index (χ3v) is 3.19. The molecule has 96 valence electrons. The van der Waals surface area contributed by atoms with Gasteiger partial charge in [0.25, 0.3) is 5.69 Å². The first-order valence-electron chi connectivity index (χ1n) is 5.49. The van der Waals surface area contributed by atoms with Gasteiger partial charge in [-0.3, -0.25) is 14.9 Å². The molecule has 1 saturated heterocycles. The molecule has 0 radical (unpaired) electrons. The third kappa shape index (κ3) is 2.24. The second kappa shape index (κ2) is 4.81. The summed E-state index contributed by atoms with van der Waals surface area (Å²) < 4.78 is 0. The Kier molecular flexibility index (Phi) is 3.38. The summed E-state index contributed by atoms with van der Waals surface area (Å²) >= 11 is 6.02. The first-order chi connectivity index (χ1) is 8.52. The SMILES string of the molecule is CCN1CN(c2ccc([N+](=O)[O-])cc2Cl)CC1=O. The number of nitro groups is 1. The van der Waals surface area contributed by atoms with E-state index >= 15 is 0 Å². The minimum absolute atomic E-state index is 0.0342. The molecule has 0 saturated carbocycles. The van der Waals surface area contributed by atoms with Crippen molar-refractivity contribution in [3.05, 3.63) is 33.3 Å². The molecule has 1 aliphatic rings. The number of rotatable bonds is 3. The van der Waals surface area contributed by atoms with Gasteiger partial charge in [0.15, 0.2) is 0 Å². The van der Waals surface area contributed by atoms with Crippen molar-refractivity contribution < 1.29 is 9.72 Å². The molecular weight excluding hydrogens is 258 g/mol. The predicted octanol–water partition coefficient (Wildman–Crippen LogP) is 1.87. The van der Waals surface area contributed by atoms with Gasteiger partial charge in [-0.25, -0.2) is 0 Å². The maximum absolute atomic E-state index is 11.6. The van der Waals surface area contributed by atoms with E-state index in [1.54, 1.807) is 15.9 Å². The lowest BCUT2D eigenvalue weighted by atomic mass is 10.2. The minimum atomic E-state index is -0.497. The average Bonchev–Trinajstić information content (AvgIpc) is 2.70. The summed E-state index contributed by atoms with van der Waals surface area (Å²) in [6, 6.07) is 4.27. The van der Waals surface area contributed by atoms with E-state index in [1.165, 1.54) is 12.1 Å². The van der Waals surface area contributed by atoms with Crippen molar-refractivity contribution in [1.29, 1.82) is 0 Å². The van der Waals surface area contributed by atoms with E-state index in [0.29, 0.717) is 18.9 Å². The van der Waals surface area contributed by atoms with Gasteiger partial charge in [-0.05, 0) is 13.0 Å². The molecule has 0 N–H and O–H groups in total. The highest BCUT2D eigenvalue weighted by Gasteiger charge is 2.27. The van der Waals surface area contributed by atoms with E-state index in [9.17, 15) is 14.9 Å². The molecule has 0 aromatic heterocycles. The summed E-state index contributed by atoms with van der Waals surface area (Å²) in [6.45, 7) is 3.26. The van der Waals surface area contributed by atoms with Crippen LogP contribution < -0.4 is 4.90 Å². The Bertz CT molecular complexity index is 506. The number of carbonyl (C=O) groups is 1. The number of likely N-dealkylation sites (N-methyl/N-ethyl adjacent to an activating group) is 1. The lowest BCUT2D eigenvalue weighted by Gasteiger charge is -2.19. The van der Waals surface area contributed by atoms with Gasteiger partial charge in [-0.2, -0.15) is 0 Å². The number of carbonyl (C=O) groups excluding carboxylic acids is 1. The number of nitro benzene ring substituents is 1. The summed E-state index contributed by atoms with van der Waals surface area (Å²) in [6.07, 6.45) is 0. The standard InChI is InChI=1S/C11H12ClN3O3/c1-2-13-7-14(6-11(13)16)10-4-3-8(15(17)18)5-9(10)12/h3-5H,2,6-7H2,1H3. The normalized spacial score (nSPS) is 15.3. The number of non-ortho nitro benzene ring substituents is 1. The highest BCUT2D eigenvalue weighted by Crippen LogP contribution is 2.31. The fraction of sp³-hybridized carbons (Fsp3) is 0.364. The molecule has 1 amide bonds. The maximum atomic E-state index is 11.6. The molecule has 7 heteroatoms. The van der Waals surface area contributed by atoms with Crippen LogP contribution in [-0.4, -0.2) is 35.5 Å². The monoisotopic (exact) mass is 269 g/mol. The highest BCUT2D eigenvalue weighted by molar-refractivity contribution is 6.33. The summed E-state index contributed by atoms with van der Waals surface area (Å²) in [5.41, 5.74) is 0.591. The Morgan fingerprint density at radius 2 is 2.22 bits per heavy atom. The first-order valence-corrected chi connectivity index (χ1v) is 5.87. The molecule has 0 spiro atoms. The van der Waals surface area contributed by atoms with Crippen molar-refractivity contribution in [3.63, 3.8) is 0 Å². The molecule has 18 heavy (non-hydrogen) atoms. The fourth-order valence-corrected chi connectivity index (χ4v) is 2.20. The zero-order chi connectivity index (χ0) is 13.3.